The topological polar surface area (TPSA) is 96.5 Å². The molecule has 7 nitrogen and oxygen atoms in total. The number of carbonyl (C=O) groups excluding carboxylic acids is 1. The zero-order valence-corrected chi connectivity index (χ0v) is 19.2. The van der Waals surface area contributed by atoms with Crippen molar-refractivity contribution < 1.29 is 19.4 Å². The summed E-state index contributed by atoms with van der Waals surface area (Å²) in [7, 11) is 0. The van der Waals surface area contributed by atoms with Crippen molar-refractivity contribution in [2.45, 2.75) is 58.2 Å². The summed E-state index contributed by atoms with van der Waals surface area (Å²) in [5.74, 6) is 1.63. The molecule has 1 aliphatic heterocycles. The number of H-pyrrole nitrogens is 1. The number of amides is 1. The predicted molar refractivity (Wildman–Crippen MR) is 128 cm³/mol. The third kappa shape index (κ3) is 5.32. The lowest BCUT2D eigenvalue weighted by Gasteiger charge is -2.32. The lowest BCUT2D eigenvalue weighted by Crippen LogP contribution is -2.34. The summed E-state index contributed by atoms with van der Waals surface area (Å²) in [5, 5.41) is 12.2. The van der Waals surface area contributed by atoms with Crippen LogP contribution in [0.15, 0.2) is 60.4 Å². The van der Waals surface area contributed by atoms with E-state index in [-0.39, 0.29) is 18.4 Å². The first-order valence-corrected chi connectivity index (χ1v) is 12.1. The number of aliphatic hydroxyl groups is 1. The molecule has 2 atom stereocenters. The third-order valence-electron chi connectivity index (χ3n) is 6.81. The predicted octanol–water partition coefficient (Wildman–Crippen LogP) is 4.32. The number of benzene rings is 2. The van der Waals surface area contributed by atoms with E-state index in [2.05, 4.69) is 15.3 Å². The van der Waals surface area contributed by atoms with Gasteiger partial charge < -0.3 is 24.9 Å². The van der Waals surface area contributed by atoms with E-state index in [0.29, 0.717) is 30.7 Å². The van der Waals surface area contributed by atoms with Crippen LogP contribution in [0.2, 0.25) is 0 Å². The molecule has 0 saturated heterocycles. The van der Waals surface area contributed by atoms with Gasteiger partial charge in [0.05, 0.1) is 30.8 Å². The minimum absolute atomic E-state index is 0.0211. The van der Waals surface area contributed by atoms with Gasteiger partial charge in [0.2, 0.25) is 6.29 Å². The van der Waals surface area contributed by atoms with Crippen LogP contribution in [0.4, 0.5) is 0 Å². The summed E-state index contributed by atoms with van der Waals surface area (Å²) < 4.78 is 12.1. The number of aromatic nitrogens is 2. The van der Waals surface area contributed by atoms with Gasteiger partial charge >= 0.3 is 0 Å². The molecule has 3 aromatic rings. The fraction of sp³-hybridized carbons (Fsp3) is 0.407. The molecule has 0 bridgehead atoms. The SMILES string of the molecule is O=C(NCc1nc2ccccc2[nH]1)C1=C[C@H](C2CCCC2)C[C@H](OCc2ccc(CO)cc2)O1. The first kappa shape index (κ1) is 22.6. The molecule has 3 N–H and O–H groups in total. The molecule has 2 aromatic carbocycles. The van der Waals surface area contributed by atoms with Gasteiger partial charge in [0.15, 0.2) is 5.76 Å². The number of hydrogen-bond donors (Lipinski definition) is 3. The molecule has 1 amide bonds. The standard InChI is InChI=1S/C27H31N3O4/c31-16-18-9-11-19(12-10-18)17-33-26-14-21(20-5-1-2-6-20)13-24(34-26)27(32)28-15-25-29-22-7-3-4-8-23(22)30-25/h3-4,7-13,20-21,26,31H,1-2,5-6,14-17H2,(H,28,32)(H,29,30)/t21-,26+/m0/s1. The van der Waals surface area contributed by atoms with Crippen LogP contribution < -0.4 is 5.32 Å². The van der Waals surface area contributed by atoms with Crippen LogP contribution in [0.5, 0.6) is 0 Å². The molecule has 7 heteroatoms. The number of imidazole rings is 1. The summed E-state index contributed by atoms with van der Waals surface area (Å²) in [6.45, 7) is 0.708. The molecular weight excluding hydrogens is 430 g/mol. The van der Waals surface area contributed by atoms with Gasteiger partial charge in [-0.25, -0.2) is 4.98 Å². The maximum absolute atomic E-state index is 13.0. The third-order valence-corrected chi connectivity index (χ3v) is 6.81. The van der Waals surface area contributed by atoms with Crippen LogP contribution in [-0.2, 0) is 34.0 Å². The van der Waals surface area contributed by atoms with E-state index in [4.69, 9.17) is 9.47 Å². The van der Waals surface area contributed by atoms with Gasteiger partial charge in [-0.3, -0.25) is 4.79 Å². The molecular formula is C27H31N3O4. The zero-order chi connectivity index (χ0) is 23.3. The summed E-state index contributed by atoms with van der Waals surface area (Å²) in [4.78, 5) is 20.8. The molecule has 0 radical (unpaired) electrons. The molecule has 2 heterocycles. The monoisotopic (exact) mass is 461 g/mol. The van der Waals surface area contributed by atoms with E-state index >= 15 is 0 Å². The Morgan fingerprint density at radius 2 is 1.88 bits per heavy atom. The Labute approximate surface area is 199 Å². The van der Waals surface area contributed by atoms with E-state index in [0.717, 1.165) is 28.6 Å². The number of hydrogen-bond acceptors (Lipinski definition) is 5. The first-order chi connectivity index (χ1) is 16.7. The van der Waals surface area contributed by atoms with Crippen molar-refractivity contribution in [1.82, 2.24) is 15.3 Å². The highest BCUT2D eigenvalue weighted by atomic mass is 16.7. The maximum atomic E-state index is 13.0. The van der Waals surface area contributed by atoms with Crippen LogP contribution in [0.3, 0.4) is 0 Å². The number of para-hydroxylation sites is 2. The summed E-state index contributed by atoms with van der Waals surface area (Å²) in [6.07, 6.45) is 7.13. The van der Waals surface area contributed by atoms with Gasteiger partial charge in [-0.2, -0.15) is 0 Å². The first-order valence-electron chi connectivity index (χ1n) is 12.1. The second kappa shape index (κ2) is 10.4. The van der Waals surface area contributed by atoms with Crippen LogP contribution in [0.1, 0.15) is 49.1 Å². The van der Waals surface area contributed by atoms with E-state index < -0.39 is 6.29 Å². The largest absolute Gasteiger partial charge is 0.459 e. The number of nitrogens with zero attached hydrogens (tertiary/aromatic N) is 1. The molecule has 1 fully saturated rings. The molecule has 1 aliphatic carbocycles. The summed E-state index contributed by atoms with van der Waals surface area (Å²) >= 11 is 0. The van der Waals surface area contributed by atoms with Gasteiger partial charge in [0, 0.05) is 6.42 Å². The highest BCUT2D eigenvalue weighted by Gasteiger charge is 2.33. The minimum atomic E-state index is -0.472. The molecule has 5 rings (SSSR count). The number of aliphatic hydroxyl groups excluding tert-OH is 1. The molecule has 34 heavy (non-hydrogen) atoms. The summed E-state index contributed by atoms with van der Waals surface area (Å²) in [5.41, 5.74) is 3.69. The quantitative estimate of drug-likeness (QED) is 0.464. The number of fused-ring (bicyclic) bond motifs is 1. The lowest BCUT2D eigenvalue weighted by atomic mass is 9.86. The van der Waals surface area contributed by atoms with Crippen molar-refractivity contribution in [3.63, 3.8) is 0 Å². The zero-order valence-electron chi connectivity index (χ0n) is 19.2. The van der Waals surface area contributed by atoms with Crippen LogP contribution in [-0.4, -0.2) is 27.3 Å². The van der Waals surface area contributed by atoms with Crippen LogP contribution in [0, 0.1) is 11.8 Å². The van der Waals surface area contributed by atoms with Gasteiger partial charge in [-0.1, -0.05) is 49.2 Å². The van der Waals surface area contributed by atoms with Gasteiger partial charge in [0.1, 0.15) is 5.82 Å². The second-order valence-electron chi connectivity index (χ2n) is 9.19. The van der Waals surface area contributed by atoms with Crippen molar-refractivity contribution in [3.05, 3.63) is 77.3 Å². The molecule has 0 spiro atoms. The van der Waals surface area contributed by atoms with E-state index in [1.807, 2.05) is 54.6 Å². The van der Waals surface area contributed by atoms with Crippen molar-refractivity contribution >= 4 is 16.9 Å². The van der Waals surface area contributed by atoms with Crippen molar-refractivity contribution in [2.24, 2.45) is 11.8 Å². The number of nitrogens with one attached hydrogen (secondary N) is 2. The number of rotatable bonds is 8. The Balaban J connectivity index is 1.24. The fourth-order valence-electron chi connectivity index (χ4n) is 4.93. The lowest BCUT2D eigenvalue weighted by molar-refractivity contribution is -0.155. The highest BCUT2D eigenvalue weighted by molar-refractivity contribution is 5.91. The Hall–Kier alpha value is -3.16. The number of ether oxygens (including phenoxy) is 2. The van der Waals surface area contributed by atoms with Crippen molar-refractivity contribution in [2.75, 3.05) is 0 Å². The number of allylic oxidation sites excluding steroid dienone is 1. The Morgan fingerprint density at radius 1 is 1.12 bits per heavy atom. The summed E-state index contributed by atoms with van der Waals surface area (Å²) in [6, 6.07) is 15.5. The van der Waals surface area contributed by atoms with Crippen LogP contribution in [0.25, 0.3) is 11.0 Å². The molecule has 178 valence electrons. The van der Waals surface area contributed by atoms with Gasteiger partial charge in [0.25, 0.3) is 5.91 Å². The maximum Gasteiger partial charge on any atom is 0.286 e. The van der Waals surface area contributed by atoms with Crippen molar-refractivity contribution in [3.8, 4) is 0 Å². The Morgan fingerprint density at radius 3 is 2.65 bits per heavy atom. The second-order valence-corrected chi connectivity index (χ2v) is 9.19. The van der Waals surface area contributed by atoms with Crippen molar-refractivity contribution in [1.29, 1.82) is 0 Å². The average Bonchev–Trinajstić information content (AvgIpc) is 3.56. The van der Waals surface area contributed by atoms with E-state index in [9.17, 15) is 9.90 Å². The molecule has 1 saturated carbocycles. The minimum Gasteiger partial charge on any atom is -0.459 e. The van der Waals surface area contributed by atoms with Gasteiger partial charge in [-0.15, -0.1) is 0 Å². The van der Waals surface area contributed by atoms with Gasteiger partial charge in [-0.05, 0) is 54.0 Å². The van der Waals surface area contributed by atoms with E-state index in [1.54, 1.807) is 0 Å². The highest BCUT2D eigenvalue weighted by Crippen LogP contribution is 2.38. The molecule has 0 unspecified atom stereocenters. The average molecular weight is 462 g/mol. The van der Waals surface area contributed by atoms with Crippen LogP contribution >= 0.6 is 0 Å². The number of carbonyl (C=O) groups is 1. The normalized spacial score (nSPS) is 20.8. The number of aromatic amines is 1. The Bertz CT molecular complexity index is 1120. The Kier molecular flexibility index (Phi) is 6.92. The smallest absolute Gasteiger partial charge is 0.286 e. The molecule has 2 aliphatic rings. The van der Waals surface area contributed by atoms with E-state index in [1.165, 1.54) is 25.7 Å². The molecule has 1 aromatic heterocycles. The fourth-order valence-corrected chi connectivity index (χ4v) is 4.93.